The molecule has 1 aliphatic heterocycles. The van der Waals surface area contributed by atoms with Gasteiger partial charge in [-0.1, -0.05) is 0 Å². The van der Waals surface area contributed by atoms with Gasteiger partial charge in [-0.25, -0.2) is 9.97 Å². The molecule has 0 saturated carbocycles. The van der Waals surface area contributed by atoms with E-state index in [9.17, 15) is 0 Å². The molecule has 4 aromatic rings. The number of aromatic nitrogens is 4. The van der Waals surface area contributed by atoms with E-state index in [1.165, 1.54) is 5.56 Å². The van der Waals surface area contributed by atoms with Crippen molar-refractivity contribution in [2.45, 2.75) is 26.4 Å². The zero-order chi connectivity index (χ0) is 17.7. The smallest absolute Gasteiger partial charge is 0.234 e. The van der Waals surface area contributed by atoms with Gasteiger partial charge in [0.2, 0.25) is 5.78 Å². The first-order chi connectivity index (χ1) is 12.7. The lowest BCUT2D eigenvalue weighted by atomic mass is 10.0. The van der Waals surface area contributed by atoms with Crippen molar-refractivity contribution in [1.82, 2.24) is 19.4 Å². The normalized spacial score (nSPS) is 15.8. The minimum absolute atomic E-state index is 0.228. The van der Waals surface area contributed by atoms with Gasteiger partial charge in [0.05, 0.1) is 11.4 Å². The summed E-state index contributed by atoms with van der Waals surface area (Å²) in [6.07, 6.45) is 6.76. The molecule has 128 valence electrons. The number of pyridine rings is 1. The Hall–Kier alpha value is -3.21. The summed E-state index contributed by atoms with van der Waals surface area (Å²) in [5.74, 6) is 1.67. The molecular formula is C21H18N4O. The van der Waals surface area contributed by atoms with Crippen LogP contribution in [0.4, 0.5) is 0 Å². The van der Waals surface area contributed by atoms with Gasteiger partial charge in [0.1, 0.15) is 11.9 Å². The van der Waals surface area contributed by atoms with Crippen LogP contribution in [0.25, 0.3) is 28.3 Å². The maximum atomic E-state index is 5.85. The number of hydrogen-bond donors (Lipinski definition) is 0. The van der Waals surface area contributed by atoms with Gasteiger partial charge in [-0.2, -0.15) is 0 Å². The lowest BCUT2D eigenvalue weighted by Crippen LogP contribution is -2.05. The van der Waals surface area contributed by atoms with Crippen LogP contribution in [-0.4, -0.2) is 25.5 Å². The van der Waals surface area contributed by atoms with Crippen molar-refractivity contribution in [2.75, 3.05) is 0 Å². The third-order valence-corrected chi connectivity index (χ3v) is 4.74. The van der Waals surface area contributed by atoms with Crippen LogP contribution in [0.15, 0.2) is 55.0 Å². The van der Waals surface area contributed by atoms with Crippen molar-refractivity contribution < 1.29 is 4.74 Å². The highest BCUT2D eigenvalue weighted by Gasteiger charge is 2.22. The monoisotopic (exact) mass is 342 g/mol. The third kappa shape index (κ3) is 2.36. The summed E-state index contributed by atoms with van der Waals surface area (Å²) in [4.78, 5) is 13.5. The number of aryl methyl sites for hydroxylation is 1. The Morgan fingerprint density at radius 2 is 2.00 bits per heavy atom. The predicted octanol–water partition coefficient (Wildman–Crippen LogP) is 4.09. The topological polar surface area (TPSA) is 52.3 Å². The molecule has 0 aliphatic carbocycles. The second kappa shape index (κ2) is 5.66. The van der Waals surface area contributed by atoms with Crippen LogP contribution in [0.3, 0.4) is 0 Å². The van der Waals surface area contributed by atoms with E-state index in [1.807, 2.05) is 35.9 Å². The predicted molar refractivity (Wildman–Crippen MR) is 100 cm³/mol. The molecule has 0 spiro atoms. The fourth-order valence-electron chi connectivity index (χ4n) is 3.63. The lowest BCUT2D eigenvalue weighted by Gasteiger charge is -2.08. The Morgan fingerprint density at radius 1 is 1.08 bits per heavy atom. The molecule has 1 atom stereocenters. The van der Waals surface area contributed by atoms with Gasteiger partial charge >= 0.3 is 0 Å². The highest BCUT2D eigenvalue weighted by atomic mass is 16.5. The van der Waals surface area contributed by atoms with Crippen LogP contribution in [0, 0.1) is 6.92 Å². The van der Waals surface area contributed by atoms with E-state index < -0.39 is 0 Å². The van der Waals surface area contributed by atoms with E-state index in [0.717, 1.165) is 40.4 Å². The molecule has 5 heteroatoms. The van der Waals surface area contributed by atoms with Crippen LogP contribution >= 0.6 is 0 Å². The van der Waals surface area contributed by atoms with E-state index in [1.54, 1.807) is 6.20 Å². The molecule has 5 nitrogen and oxygen atoms in total. The Labute approximate surface area is 151 Å². The molecule has 26 heavy (non-hydrogen) atoms. The molecule has 4 heterocycles. The van der Waals surface area contributed by atoms with Crippen molar-refractivity contribution in [1.29, 1.82) is 0 Å². The molecule has 1 unspecified atom stereocenters. The van der Waals surface area contributed by atoms with Crippen LogP contribution in [-0.2, 0) is 6.42 Å². The first-order valence-electron chi connectivity index (χ1n) is 8.75. The molecule has 0 N–H and O–H groups in total. The van der Waals surface area contributed by atoms with E-state index in [2.05, 4.69) is 41.2 Å². The number of imidazole rings is 1. The van der Waals surface area contributed by atoms with Gasteiger partial charge in [-0.3, -0.25) is 9.38 Å². The Balaban J connectivity index is 1.77. The summed E-state index contributed by atoms with van der Waals surface area (Å²) in [6, 6.07) is 12.4. The molecule has 1 aliphatic rings. The Bertz CT molecular complexity index is 1130. The van der Waals surface area contributed by atoms with E-state index in [0.29, 0.717) is 5.78 Å². The van der Waals surface area contributed by atoms with Crippen molar-refractivity contribution in [2.24, 2.45) is 0 Å². The summed E-state index contributed by atoms with van der Waals surface area (Å²) < 4.78 is 7.90. The second-order valence-corrected chi connectivity index (χ2v) is 6.74. The number of hydrogen-bond acceptors (Lipinski definition) is 4. The largest absolute Gasteiger partial charge is 0.490 e. The van der Waals surface area contributed by atoms with Crippen molar-refractivity contribution >= 4 is 5.78 Å². The van der Waals surface area contributed by atoms with Crippen molar-refractivity contribution in [3.05, 3.63) is 66.2 Å². The van der Waals surface area contributed by atoms with Crippen LogP contribution < -0.4 is 4.74 Å². The van der Waals surface area contributed by atoms with Crippen LogP contribution in [0.5, 0.6) is 5.75 Å². The van der Waals surface area contributed by atoms with E-state index in [4.69, 9.17) is 9.72 Å². The molecule has 1 aromatic carbocycles. The van der Waals surface area contributed by atoms with E-state index >= 15 is 0 Å². The van der Waals surface area contributed by atoms with Crippen LogP contribution in [0.2, 0.25) is 0 Å². The van der Waals surface area contributed by atoms with Crippen LogP contribution in [0.1, 0.15) is 18.2 Å². The van der Waals surface area contributed by atoms with Gasteiger partial charge in [-0.05, 0) is 55.8 Å². The fraction of sp³-hybridized carbons (Fsp3) is 0.190. The SMILES string of the molecule is Cc1cc(-c2nc3ncccn3c2-c2ccc3c(c2)CC(C)O3)ccn1. The van der Waals surface area contributed by atoms with E-state index in [-0.39, 0.29) is 6.10 Å². The average Bonchev–Trinajstić information content (AvgIpc) is 3.20. The number of fused-ring (bicyclic) bond motifs is 2. The van der Waals surface area contributed by atoms with Gasteiger partial charge in [-0.15, -0.1) is 0 Å². The van der Waals surface area contributed by atoms with Gasteiger partial charge in [0, 0.05) is 41.8 Å². The number of ether oxygens (including phenoxy) is 1. The second-order valence-electron chi connectivity index (χ2n) is 6.74. The zero-order valence-corrected chi connectivity index (χ0v) is 14.7. The first-order valence-corrected chi connectivity index (χ1v) is 8.75. The number of nitrogens with zero attached hydrogens (tertiary/aromatic N) is 4. The summed E-state index contributed by atoms with van der Waals surface area (Å²) in [5.41, 5.74) is 6.33. The molecular weight excluding hydrogens is 324 g/mol. The maximum Gasteiger partial charge on any atom is 0.234 e. The zero-order valence-electron chi connectivity index (χ0n) is 14.7. The minimum Gasteiger partial charge on any atom is -0.490 e. The quantitative estimate of drug-likeness (QED) is 0.550. The highest BCUT2D eigenvalue weighted by molar-refractivity contribution is 5.82. The average molecular weight is 342 g/mol. The maximum absolute atomic E-state index is 5.85. The molecule has 0 amide bonds. The Morgan fingerprint density at radius 3 is 2.88 bits per heavy atom. The first kappa shape index (κ1) is 15.1. The lowest BCUT2D eigenvalue weighted by molar-refractivity contribution is 0.254. The third-order valence-electron chi connectivity index (χ3n) is 4.74. The molecule has 0 fully saturated rings. The molecule has 3 aromatic heterocycles. The number of benzene rings is 1. The standard InChI is InChI=1S/C21H18N4O/c1-13-10-15(6-8-22-13)19-20(25-9-3-7-23-21(25)24-19)16-4-5-18-17(12-16)11-14(2)26-18/h3-10,12,14H,11H2,1-2H3. The summed E-state index contributed by atoms with van der Waals surface area (Å²) in [5, 5.41) is 0. The summed E-state index contributed by atoms with van der Waals surface area (Å²) in [7, 11) is 0. The van der Waals surface area contributed by atoms with Gasteiger partial charge in [0.25, 0.3) is 0 Å². The summed E-state index contributed by atoms with van der Waals surface area (Å²) in [6.45, 7) is 4.09. The Kier molecular flexibility index (Phi) is 3.28. The number of rotatable bonds is 2. The molecule has 0 saturated heterocycles. The van der Waals surface area contributed by atoms with Crippen molar-refractivity contribution in [3.63, 3.8) is 0 Å². The molecule has 5 rings (SSSR count). The minimum atomic E-state index is 0.228. The molecule has 0 bridgehead atoms. The fourth-order valence-corrected chi connectivity index (χ4v) is 3.63. The van der Waals surface area contributed by atoms with Gasteiger partial charge < -0.3 is 4.74 Å². The summed E-state index contributed by atoms with van der Waals surface area (Å²) >= 11 is 0. The molecule has 0 radical (unpaired) electrons. The highest BCUT2D eigenvalue weighted by Crippen LogP contribution is 2.37. The van der Waals surface area contributed by atoms with Crippen molar-refractivity contribution in [3.8, 4) is 28.3 Å². The van der Waals surface area contributed by atoms with Gasteiger partial charge in [0.15, 0.2) is 0 Å².